The van der Waals surface area contributed by atoms with Gasteiger partial charge in [0.2, 0.25) is 0 Å². The minimum Gasteiger partial charge on any atom is -0.493 e. The van der Waals surface area contributed by atoms with Crippen LogP contribution in [0.15, 0.2) is 66.7 Å². The molecule has 0 saturated heterocycles. The Bertz CT molecular complexity index is 1520. The first-order chi connectivity index (χ1) is 16.9. The minimum atomic E-state index is -0.943. The van der Waals surface area contributed by atoms with Crippen molar-refractivity contribution >= 4 is 10.8 Å². The maximum Gasteiger partial charge on any atom is 0.159 e. The first kappa shape index (κ1) is 23.9. The summed E-state index contributed by atoms with van der Waals surface area (Å²) in [5.74, 6) is 8.55. The second-order valence-corrected chi connectivity index (χ2v) is 7.87. The van der Waals surface area contributed by atoms with E-state index in [4.69, 9.17) is 4.74 Å². The van der Waals surface area contributed by atoms with Crippen LogP contribution in [-0.2, 0) is 0 Å². The highest BCUT2D eigenvalue weighted by Crippen LogP contribution is 2.20. The number of hydrogen-bond donors (Lipinski definition) is 0. The predicted octanol–water partition coefficient (Wildman–Crippen LogP) is 7.37. The van der Waals surface area contributed by atoms with Gasteiger partial charge in [-0.1, -0.05) is 43.1 Å². The Morgan fingerprint density at radius 2 is 1.20 bits per heavy atom. The lowest BCUT2D eigenvalue weighted by Crippen LogP contribution is -1.97. The standard InChI is InChI=1S/C30H20F4O/c1-2-3-14-35-26-13-12-23(28(32)19-26)10-6-21-5-9-22(27(31)16-21)8-4-20-7-11-24-17-29(33)30(34)18-25(24)15-20/h5,7,9,11-13,15-19H,2-3,14H2,1H3. The normalized spacial score (nSPS) is 10.3. The lowest BCUT2D eigenvalue weighted by Gasteiger charge is -2.05. The van der Waals surface area contributed by atoms with Crippen LogP contribution in [0.2, 0.25) is 0 Å². The fraction of sp³-hybridized carbons (Fsp3) is 0.133. The first-order valence-corrected chi connectivity index (χ1v) is 11.1. The molecule has 0 aliphatic heterocycles. The van der Waals surface area contributed by atoms with Gasteiger partial charge in [-0.25, -0.2) is 17.6 Å². The zero-order valence-electron chi connectivity index (χ0n) is 18.9. The molecular weight excluding hydrogens is 452 g/mol. The molecule has 0 aliphatic rings. The van der Waals surface area contributed by atoms with E-state index in [9.17, 15) is 17.6 Å². The summed E-state index contributed by atoms with van der Waals surface area (Å²) in [5, 5.41) is 1.04. The van der Waals surface area contributed by atoms with Gasteiger partial charge in [0.05, 0.1) is 17.7 Å². The number of benzene rings is 4. The van der Waals surface area contributed by atoms with Crippen molar-refractivity contribution in [1.82, 2.24) is 0 Å². The van der Waals surface area contributed by atoms with Gasteiger partial charge in [-0.15, -0.1) is 0 Å². The van der Waals surface area contributed by atoms with Crippen LogP contribution in [-0.4, -0.2) is 6.61 Å². The molecule has 4 aromatic carbocycles. The predicted molar refractivity (Wildman–Crippen MR) is 129 cm³/mol. The smallest absolute Gasteiger partial charge is 0.159 e. The SMILES string of the molecule is CCCCOc1ccc(C#Cc2ccc(C#Cc3ccc4cc(F)c(F)cc4c3)c(F)c2)c(F)c1. The van der Waals surface area contributed by atoms with Crippen LogP contribution in [0.4, 0.5) is 17.6 Å². The van der Waals surface area contributed by atoms with Crippen molar-refractivity contribution in [2.75, 3.05) is 6.61 Å². The lowest BCUT2D eigenvalue weighted by atomic mass is 10.1. The highest BCUT2D eigenvalue weighted by Gasteiger charge is 2.05. The lowest BCUT2D eigenvalue weighted by molar-refractivity contribution is 0.308. The molecule has 0 aliphatic carbocycles. The molecule has 1 nitrogen and oxygen atoms in total. The summed E-state index contributed by atoms with van der Waals surface area (Å²) >= 11 is 0. The molecule has 174 valence electrons. The van der Waals surface area contributed by atoms with E-state index < -0.39 is 23.3 Å². The number of fused-ring (bicyclic) bond motifs is 1. The third-order valence-corrected chi connectivity index (χ3v) is 5.24. The number of hydrogen-bond acceptors (Lipinski definition) is 1. The summed E-state index contributed by atoms with van der Waals surface area (Å²) in [6.07, 6.45) is 1.87. The maximum atomic E-state index is 14.6. The number of rotatable bonds is 4. The van der Waals surface area contributed by atoms with Crippen molar-refractivity contribution in [3.05, 3.63) is 112 Å². The van der Waals surface area contributed by atoms with Gasteiger partial charge in [0, 0.05) is 17.2 Å². The summed E-state index contributed by atoms with van der Waals surface area (Å²) in [6, 6.07) is 15.9. The highest BCUT2D eigenvalue weighted by molar-refractivity contribution is 5.84. The third kappa shape index (κ3) is 6.02. The van der Waals surface area contributed by atoms with Crippen molar-refractivity contribution < 1.29 is 22.3 Å². The second kappa shape index (κ2) is 10.8. The minimum absolute atomic E-state index is 0.153. The molecule has 0 bridgehead atoms. The van der Waals surface area contributed by atoms with E-state index in [-0.39, 0.29) is 11.1 Å². The molecule has 0 radical (unpaired) electrons. The van der Waals surface area contributed by atoms with Crippen LogP contribution in [0.3, 0.4) is 0 Å². The molecule has 0 spiro atoms. The van der Waals surface area contributed by atoms with Crippen LogP contribution >= 0.6 is 0 Å². The Morgan fingerprint density at radius 1 is 0.600 bits per heavy atom. The highest BCUT2D eigenvalue weighted by atomic mass is 19.2. The molecule has 0 unspecified atom stereocenters. The van der Waals surface area contributed by atoms with Crippen molar-refractivity contribution in [2.24, 2.45) is 0 Å². The van der Waals surface area contributed by atoms with Gasteiger partial charge in [-0.2, -0.15) is 0 Å². The summed E-state index contributed by atoms with van der Waals surface area (Å²) in [6.45, 7) is 2.57. The average molecular weight is 472 g/mol. The zero-order chi connectivity index (χ0) is 24.8. The van der Waals surface area contributed by atoms with Crippen LogP contribution in [0, 0.1) is 47.0 Å². The monoisotopic (exact) mass is 472 g/mol. The first-order valence-electron chi connectivity index (χ1n) is 11.1. The van der Waals surface area contributed by atoms with E-state index in [1.807, 2.05) is 6.92 Å². The van der Waals surface area contributed by atoms with Gasteiger partial charge in [0.15, 0.2) is 11.6 Å². The van der Waals surface area contributed by atoms with Crippen molar-refractivity contribution in [2.45, 2.75) is 19.8 Å². The van der Waals surface area contributed by atoms with Crippen molar-refractivity contribution in [1.29, 1.82) is 0 Å². The topological polar surface area (TPSA) is 9.23 Å². The molecule has 35 heavy (non-hydrogen) atoms. The fourth-order valence-electron chi connectivity index (χ4n) is 3.31. The molecular formula is C30H20F4O. The molecule has 0 N–H and O–H groups in total. The molecule has 0 saturated carbocycles. The van der Waals surface area contributed by atoms with Crippen molar-refractivity contribution in [3.63, 3.8) is 0 Å². The summed E-state index contributed by atoms with van der Waals surface area (Å²) < 4.78 is 61.2. The van der Waals surface area contributed by atoms with Gasteiger partial charge in [-0.3, -0.25) is 0 Å². The number of ether oxygens (including phenoxy) is 1. The molecule has 0 aromatic heterocycles. The molecule has 0 heterocycles. The van der Waals surface area contributed by atoms with Gasteiger partial charge in [0.25, 0.3) is 0 Å². The molecule has 0 fully saturated rings. The largest absolute Gasteiger partial charge is 0.493 e. The Balaban J connectivity index is 1.50. The van der Waals surface area contributed by atoms with Crippen LogP contribution in [0.5, 0.6) is 5.75 Å². The summed E-state index contributed by atoms with van der Waals surface area (Å²) in [4.78, 5) is 0. The van der Waals surface area contributed by atoms with E-state index in [2.05, 4.69) is 23.7 Å². The Labute approximate surface area is 201 Å². The molecule has 4 rings (SSSR count). The van der Waals surface area contributed by atoms with Gasteiger partial charge < -0.3 is 4.74 Å². The Hall–Kier alpha value is -4.22. The number of halogens is 4. The van der Waals surface area contributed by atoms with Crippen LogP contribution < -0.4 is 4.74 Å². The maximum absolute atomic E-state index is 14.6. The Kier molecular flexibility index (Phi) is 7.38. The third-order valence-electron chi connectivity index (χ3n) is 5.24. The van der Waals surface area contributed by atoms with E-state index in [1.165, 1.54) is 24.3 Å². The van der Waals surface area contributed by atoms with Gasteiger partial charge >= 0.3 is 0 Å². The van der Waals surface area contributed by atoms with Crippen LogP contribution in [0.1, 0.15) is 42.0 Å². The van der Waals surface area contributed by atoms with E-state index >= 15 is 0 Å². The quantitative estimate of drug-likeness (QED) is 0.171. The summed E-state index contributed by atoms with van der Waals surface area (Å²) in [5.41, 5.74) is 1.24. The van der Waals surface area contributed by atoms with Gasteiger partial charge in [-0.05, 0) is 71.8 Å². The zero-order valence-corrected chi connectivity index (χ0v) is 18.9. The van der Waals surface area contributed by atoms with E-state index in [1.54, 1.807) is 30.3 Å². The fourth-order valence-corrected chi connectivity index (χ4v) is 3.31. The van der Waals surface area contributed by atoms with Crippen molar-refractivity contribution in [3.8, 4) is 29.4 Å². The molecule has 4 aromatic rings. The second-order valence-electron chi connectivity index (χ2n) is 7.87. The molecule has 0 atom stereocenters. The van der Waals surface area contributed by atoms with Gasteiger partial charge in [0.1, 0.15) is 17.4 Å². The van der Waals surface area contributed by atoms with E-state index in [0.29, 0.717) is 34.3 Å². The molecule has 5 heteroatoms. The summed E-state index contributed by atoms with van der Waals surface area (Å²) in [7, 11) is 0. The Morgan fingerprint density at radius 3 is 1.86 bits per heavy atom. The van der Waals surface area contributed by atoms with Crippen LogP contribution in [0.25, 0.3) is 10.8 Å². The van der Waals surface area contributed by atoms with E-state index in [0.717, 1.165) is 25.0 Å². The molecule has 0 amide bonds. The average Bonchev–Trinajstić information content (AvgIpc) is 2.84. The number of unbranched alkanes of at least 4 members (excludes halogenated alkanes) is 1.